The first-order valence-electron chi connectivity index (χ1n) is 6.61. The van der Waals surface area contributed by atoms with Gasteiger partial charge in [0.1, 0.15) is 0 Å². The number of rotatable bonds is 3. The molecule has 1 nitrogen and oxygen atoms in total. The topological polar surface area (TPSA) is 3.24 Å². The lowest BCUT2D eigenvalue weighted by atomic mass is 9.80. The number of nitrogens with zero attached hydrogens (tertiary/aromatic N) is 1. The molecule has 0 aromatic rings. The van der Waals surface area contributed by atoms with E-state index in [4.69, 9.17) is 0 Å². The normalized spacial score (nSPS) is 34.9. The van der Waals surface area contributed by atoms with Crippen LogP contribution in [0.1, 0.15) is 51.9 Å². The van der Waals surface area contributed by atoms with Crippen LogP contribution in [0.3, 0.4) is 0 Å². The molecule has 1 aliphatic heterocycles. The van der Waals surface area contributed by atoms with Gasteiger partial charge in [-0.1, -0.05) is 26.2 Å². The van der Waals surface area contributed by atoms with E-state index in [1.165, 1.54) is 64.6 Å². The van der Waals surface area contributed by atoms with E-state index in [2.05, 4.69) is 11.8 Å². The van der Waals surface area contributed by atoms with Crippen molar-refractivity contribution < 1.29 is 0 Å². The molecule has 2 atom stereocenters. The average Bonchev–Trinajstić information content (AvgIpc) is 2.71. The van der Waals surface area contributed by atoms with Crippen molar-refractivity contribution in [3.8, 4) is 0 Å². The predicted octanol–water partition coefficient (Wildman–Crippen LogP) is 3.30. The van der Waals surface area contributed by atoms with E-state index >= 15 is 0 Å². The summed E-state index contributed by atoms with van der Waals surface area (Å²) in [5, 5.41) is 0. The standard InChI is InChI=1S/C13H25N/c1-2-12-6-5-7-13(10-12)11-14-8-3-4-9-14/h12-13H,2-11H2,1H3/t12-,13+/m0/s1. The monoisotopic (exact) mass is 195 g/mol. The molecular weight excluding hydrogens is 170 g/mol. The van der Waals surface area contributed by atoms with Crippen LogP contribution in [0.2, 0.25) is 0 Å². The molecule has 0 N–H and O–H groups in total. The third-order valence-corrected chi connectivity index (χ3v) is 4.18. The summed E-state index contributed by atoms with van der Waals surface area (Å²) in [6.45, 7) is 6.54. The van der Waals surface area contributed by atoms with Crippen LogP contribution in [0.4, 0.5) is 0 Å². The van der Waals surface area contributed by atoms with Crippen LogP contribution in [-0.4, -0.2) is 24.5 Å². The second-order valence-electron chi connectivity index (χ2n) is 5.31. The van der Waals surface area contributed by atoms with Gasteiger partial charge in [0.2, 0.25) is 0 Å². The Morgan fingerprint density at radius 2 is 1.71 bits per heavy atom. The molecule has 0 amide bonds. The lowest BCUT2D eigenvalue weighted by Crippen LogP contribution is -2.29. The van der Waals surface area contributed by atoms with E-state index in [1.807, 2.05) is 0 Å². The van der Waals surface area contributed by atoms with Crippen molar-refractivity contribution in [3.63, 3.8) is 0 Å². The zero-order chi connectivity index (χ0) is 9.80. The lowest BCUT2D eigenvalue weighted by molar-refractivity contribution is 0.194. The molecule has 0 radical (unpaired) electrons. The molecule has 1 aliphatic carbocycles. The highest BCUT2D eigenvalue weighted by molar-refractivity contribution is 4.77. The Labute approximate surface area is 88.9 Å². The molecule has 0 unspecified atom stereocenters. The summed E-state index contributed by atoms with van der Waals surface area (Å²) in [7, 11) is 0. The summed E-state index contributed by atoms with van der Waals surface area (Å²) in [5.41, 5.74) is 0. The third kappa shape index (κ3) is 2.73. The molecule has 0 spiro atoms. The van der Waals surface area contributed by atoms with Crippen molar-refractivity contribution in [2.45, 2.75) is 51.9 Å². The third-order valence-electron chi connectivity index (χ3n) is 4.18. The van der Waals surface area contributed by atoms with E-state index < -0.39 is 0 Å². The molecule has 1 saturated carbocycles. The van der Waals surface area contributed by atoms with E-state index in [0.717, 1.165) is 11.8 Å². The van der Waals surface area contributed by atoms with Crippen LogP contribution >= 0.6 is 0 Å². The zero-order valence-corrected chi connectivity index (χ0v) is 9.67. The molecule has 2 rings (SSSR count). The van der Waals surface area contributed by atoms with E-state index in [9.17, 15) is 0 Å². The summed E-state index contributed by atoms with van der Waals surface area (Å²) in [6.07, 6.45) is 10.3. The van der Waals surface area contributed by atoms with Crippen molar-refractivity contribution in [1.29, 1.82) is 0 Å². The number of hydrogen-bond acceptors (Lipinski definition) is 1. The van der Waals surface area contributed by atoms with Crippen LogP contribution in [0.15, 0.2) is 0 Å². The largest absolute Gasteiger partial charge is 0.303 e. The van der Waals surface area contributed by atoms with Gasteiger partial charge in [0.05, 0.1) is 0 Å². The Bertz CT molecular complexity index is 161. The maximum absolute atomic E-state index is 2.70. The first-order valence-corrected chi connectivity index (χ1v) is 6.61. The van der Waals surface area contributed by atoms with Crippen molar-refractivity contribution in [3.05, 3.63) is 0 Å². The van der Waals surface area contributed by atoms with Crippen molar-refractivity contribution in [2.75, 3.05) is 19.6 Å². The molecule has 14 heavy (non-hydrogen) atoms. The predicted molar refractivity (Wildman–Crippen MR) is 61.4 cm³/mol. The molecule has 0 bridgehead atoms. The Morgan fingerprint density at radius 3 is 2.43 bits per heavy atom. The number of hydrogen-bond donors (Lipinski definition) is 0. The minimum atomic E-state index is 1.03. The van der Waals surface area contributed by atoms with Gasteiger partial charge in [-0.15, -0.1) is 0 Å². The van der Waals surface area contributed by atoms with Crippen LogP contribution in [-0.2, 0) is 0 Å². The second-order valence-corrected chi connectivity index (χ2v) is 5.31. The van der Waals surface area contributed by atoms with Gasteiger partial charge in [0, 0.05) is 6.54 Å². The number of likely N-dealkylation sites (tertiary alicyclic amines) is 1. The Hall–Kier alpha value is -0.0400. The smallest absolute Gasteiger partial charge is 0.000976 e. The average molecular weight is 195 g/mol. The highest BCUT2D eigenvalue weighted by atomic mass is 15.1. The van der Waals surface area contributed by atoms with Gasteiger partial charge in [0.15, 0.2) is 0 Å². The molecule has 1 saturated heterocycles. The molecule has 82 valence electrons. The minimum absolute atomic E-state index is 1.03. The van der Waals surface area contributed by atoms with Gasteiger partial charge in [-0.25, -0.2) is 0 Å². The fourth-order valence-corrected chi connectivity index (χ4v) is 3.27. The molecule has 1 heterocycles. The minimum Gasteiger partial charge on any atom is -0.303 e. The molecule has 2 fully saturated rings. The summed E-state index contributed by atoms with van der Waals surface area (Å²) in [6, 6.07) is 0. The van der Waals surface area contributed by atoms with Crippen LogP contribution in [0.25, 0.3) is 0 Å². The van der Waals surface area contributed by atoms with Gasteiger partial charge in [-0.05, 0) is 50.6 Å². The van der Waals surface area contributed by atoms with Crippen LogP contribution < -0.4 is 0 Å². The first-order chi connectivity index (χ1) is 6.88. The van der Waals surface area contributed by atoms with E-state index in [1.54, 1.807) is 0 Å². The highest BCUT2D eigenvalue weighted by Crippen LogP contribution is 2.31. The molecule has 0 aromatic carbocycles. The second kappa shape index (κ2) is 5.16. The van der Waals surface area contributed by atoms with Crippen molar-refractivity contribution in [2.24, 2.45) is 11.8 Å². The fourth-order valence-electron chi connectivity index (χ4n) is 3.27. The summed E-state index contributed by atoms with van der Waals surface area (Å²) in [4.78, 5) is 2.70. The van der Waals surface area contributed by atoms with Crippen LogP contribution in [0.5, 0.6) is 0 Å². The fraction of sp³-hybridized carbons (Fsp3) is 1.00. The Morgan fingerprint density at radius 1 is 1.00 bits per heavy atom. The van der Waals surface area contributed by atoms with Gasteiger partial charge in [0.25, 0.3) is 0 Å². The maximum Gasteiger partial charge on any atom is 0.000976 e. The van der Waals surface area contributed by atoms with Crippen molar-refractivity contribution >= 4 is 0 Å². The SMILES string of the molecule is CC[C@H]1CCC[C@@H](CN2CCCC2)C1. The lowest BCUT2D eigenvalue weighted by Gasteiger charge is -2.31. The molecular formula is C13H25N. The van der Waals surface area contributed by atoms with Gasteiger partial charge >= 0.3 is 0 Å². The Kier molecular flexibility index (Phi) is 3.86. The summed E-state index contributed by atoms with van der Waals surface area (Å²) >= 11 is 0. The van der Waals surface area contributed by atoms with E-state index in [0.29, 0.717) is 0 Å². The van der Waals surface area contributed by atoms with E-state index in [-0.39, 0.29) is 0 Å². The summed E-state index contributed by atoms with van der Waals surface area (Å²) < 4.78 is 0. The quantitative estimate of drug-likeness (QED) is 0.668. The van der Waals surface area contributed by atoms with Crippen molar-refractivity contribution in [1.82, 2.24) is 4.90 Å². The Balaban J connectivity index is 1.73. The maximum atomic E-state index is 2.70. The molecule has 0 aromatic heterocycles. The zero-order valence-electron chi connectivity index (χ0n) is 9.67. The molecule has 2 aliphatic rings. The van der Waals surface area contributed by atoms with Gasteiger partial charge in [-0.2, -0.15) is 0 Å². The highest BCUT2D eigenvalue weighted by Gasteiger charge is 2.23. The van der Waals surface area contributed by atoms with Gasteiger partial charge < -0.3 is 4.90 Å². The van der Waals surface area contributed by atoms with Gasteiger partial charge in [-0.3, -0.25) is 0 Å². The first kappa shape index (κ1) is 10.5. The summed E-state index contributed by atoms with van der Waals surface area (Å²) in [5.74, 6) is 2.09. The van der Waals surface area contributed by atoms with Crippen LogP contribution in [0, 0.1) is 11.8 Å². The molecule has 1 heteroatoms.